The lowest BCUT2D eigenvalue weighted by Crippen LogP contribution is -2.21. The van der Waals surface area contributed by atoms with Gasteiger partial charge in [0.2, 0.25) is 0 Å². The van der Waals surface area contributed by atoms with E-state index in [0.717, 1.165) is 30.8 Å². The third-order valence-corrected chi connectivity index (χ3v) is 3.78. The predicted molar refractivity (Wildman–Crippen MR) is 69.7 cm³/mol. The van der Waals surface area contributed by atoms with Crippen molar-refractivity contribution in [1.29, 1.82) is 0 Å². The molecule has 2 unspecified atom stereocenters. The SMILES string of the molecule is CC1CN(c2ccc(F)cc2CCN)CC1C. The molecule has 0 saturated carbocycles. The largest absolute Gasteiger partial charge is 0.371 e. The summed E-state index contributed by atoms with van der Waals surface area (Å²) in [6.07, 6.45) is 0.742. The number of hydrogen-bond acceptors (Lipinski definition) is 2. The first-order chi connectivity index (χ1) is 8.11. The summed E-state index contributed by atoms with van der Waals surface area (Å²) in [5.74, 6) is 1.23. The van der Waals surface area contributed by atoms with Crippen LogP contribution in [0.25, 0.3) is 0 Å². The molecule has 3 heteroatoms. The Morgan fingerprint density at radius 3 is 2.53 bits per heavy atom. The van der Waals surface area contributed by atoms with Crippen molar-refractivity contribution >= 4 is 5.69 Å². The van der Waals surface area contributed by atoms with E-state index in [1.807, 2.05) is 6.07 Å². The molecular weight excluding hydrogens is 215 g/mol. The van der Waals surface area contributed by atoms with Crippen LogP contribution in [0.2, 0.25) is 0 Å². The second-order valence-electron chi connectivity index (χ2n) is 5.17. The summed E-state index contributed by atoms with van der Waals surface area (Å²) in [5.41, 5.74) is 7.79. The highest BCUT2D eigenvalue weighted by Crippen LogP contribution is 2.30. The Labute approximate surface area is 103 Å². The van der Waals surface area contributed by atoms with E-state index in [1.54, 1.807) is 12.1 Å². The molecule has 1 saturated heterocycles. The highest BCUT2D eigenvalue weighted by atomic mass is 19.1. The molecule has 1 aromatic carbocycles. The molecule has 94 valence electrons. The van der Waals surface area contributed by atoms with E-state index in [-0.39, 0.29) is 5.82 Å². The summed E-state index contributed by atoms with van der Waals surface area (Å²) in [4.78, 5) is 2.36. The van der Waals surface area contributed by atoms with Gasteiger partial charge in [-0.15, -0.1) is 0 Å². The summed E-state index contributed by atoms with van der Waals surface area (Å²) in [7, 11) is 0. The van der Waals surface area contributed by atoms with E-state index in [2.05, 4.69) is 18.7 Å². The average Bonchev–Trinajstić information content (AvgIpc) is 2.60. The van der Waals surface area contributed by atoms with Crippen molar-refractivity contribution in [3.05, 3.63) is 29.6 Å². The Morgan fingerprint density at radius 2 is 1.94 bits per heavy atom. The number of anilines is 1. The molecule has 0 aliphatic carbocycles. The van der Waals surface area contributed by atoms with Gasteiger partial charge in [0.15, 0.2) is 0 Å². The maximum absolute atomic E-state index is 13.3. The molecule has 0 spiro atoms. The summed E-state index contributed by atoms with van der Waals surface area (Å²) in [6, 6.07) is 5.06. The van der Waals surface area contributed by atoms with Crippen molar-refractivity contribution < 1.29 is 4.39 Å². The number of benzene rings is 1. The third-order valence-electron chi connectivity index (χ3n) is 3.78. The highest BCUT2D eigenvalue weighted by molar-refractivity contribution is 5.55. The van der Waals surface area contributed by atoms with Crippen molar-refractivity contribution in [2.75, 3.05) is 24.5 Å². The average molecular weight is 236 g/mol. The fourth-order valence-corrected chi connectivity index (χ4v) is 2.54. The fourth-order valence-electron chi connectivity index (χ4n) is 2.54. The van der Waals surface area contributed by atoms with Gasteiger partial charge < -0.3 is 10.6 Å². The molecule has 2 nitrogen and oxygen atoms in total. The maximum Gasteiger partial charge on any atom is 0.123 e. The summed E-state index contributed by atoms with van der Waals surface area (Å²) >= 11 is 0. The Morgan fingerprint density at radius 1 is 1.29 bits per heavy atom. The van der Waals surface area contributed by atoms with Crippen LogP contribution in [0.1, 0.15) is 19.4 Å². The van der Waals surface area contributed by atoms with Crippen LogP contribution in [0.3, 0.4) is 0 Å². The van der Waals surface area contributed by atoms with Gasteiger partial charge in [-0.2, -0.15) is 0 Å². The normalized spacial score (nSPS) is 24.4. The lowest BCUT2D eigenvalue weighted by Gasteiger charge is -2.22. The molecule has 0 amide bonds. The molecule has 17 heavy (non-hydrogen) atoms. The minimum atomic E-state index is -0.169. The third kappa shape index (κ3) is 2.60. The number of hydrogen-bond donors (Lipinski definition) is 1. The molecule has 1 aliphatic rings. The van der Waals surface area contributed by atoms with Crippen LogP contribution in [0, 0.1) is 17.7 Å². The molecule has 0 aromatic heterocycles. The maximum atomic E-state index is 13.3. The van der Waals surface area contributed by atoms with E-state index in [4.69, 9.17) is 5.73 Å². The van der Waals surface area contributed by atoms with Crippen LogP contribution in [0.4, 0.5) is 10.1 Å². The minimum Gasteiger partial charge on any atom is -0.371 e. The first-order valence-corrected chi connectivity index (χ1v) is 6.35. The minimum absolute atomic E-state index is 0.169. The van der Waals surface area contributed by atoms with Crippen LogP contribution < -0.4 is 10.6 Å². The Balaban J connectivity index is 2.25. The number of halogens is 1. The number of rotatable bonds is 3. The molecule has 1 aliphatic heterocycles. The summed E-state index contributed by atoms with van der Waals surface area (Å²) in [5, 5.41) is 0. The van der Waals surface area contributed by atoms with Crippen LogP contribution in [-0.2, 0) is 6.42 Å². The van der Waals surface area contributed by atoms with E-state index in [0.29, 0.717) is 18.4 Å². The van der Waals surface area contributed by atoms with Gasteiger partial charge in [-0.25, -0.2) is 4.39 Å². The van der Waals surface area contributed by atoms with Gasteiger partial charge in [0.05, 0.1) is 0 Å². The van der Waals surface area contributed by atoms with Crippen molar-refractivity contribution in [3.8, 4) is 0 Å². The molecule has 2 atom stereocenters. The zero-order chi connectivity index (χ0) is 12.4. The molecule has 1 fully saturated rings. The molecule has 2 N–H and O–H groups in total. The number of nitrogens with two attached hydrogens (primary N) is 1. The fraction of sp³-hybridized carbons (Fsp3) is 0.571. The van der Waals surface area contributed by atoms with Crippen molar-refractivity contribution in [1.82, 2.24) is 0 Å². The Kier molecular flexibility index (Phi) is 3.67. The molecule has 0 bridgehead atoms. The molecule has 1 aromatic rings. The summed E-state index contributed by atoms with van der Waals surface area (Å²) < 4.78 is 13.3. The van der Waals surface area contributed by atoms with Crippen LogP contribution >= 0.6 is 0 Å². The lowest BCUT2D eigenvalue weighted by molar-refractivity contribution is 0.494. The summed E-state index contributed by atoms with van der Waals surface area (Å²) in [6.45, 7) is 7.23. The predicted octanol–water partition coefficient (Wildman–Crippen LogP) is 2.42. The van der Waals surface area contributed by atoms with Gasteiger partial charge in [0.25, 0.3) is 0 Å². The quantitative estimate of drug-likeness (QED) is 0.873. The Bertz CT molecular complexity index is 382. The Hall–Kier alpha value is -1.09. The van der Waals surface area contributed by atoms with Gasteiger partial charge in [0, 0.05) is 18.8 Å². The molecule has 2 rings (SSSR count). The van der Waals surface area contributed by atoms with Gasteiger partial charge in [-0.3, -0.25) is 0 Å². The van der Waals surface area contributed by atoms with Gasteiger partial charge in [0.1, 0.15) is 5.82 Å². The molecule has 0 radical (unpaired) electrons. The number of nitrogens with zero attached hydrogens (tertiary/aromatic N) is 1. The van der Waals surface area contributed by atoms with E-state index >= 15 is 0 Å². The van der Waals surface area contributed by atoms with Gasteiger partial charge in [-0.05, 0) is 48.6 Å². The zero-order valence-corrected chi connectivity index (χ0v) is 10.6. The van der Waals surface area contributed by atoms with Crippen molar-refractivity contribution in [2.24, 2.45) is 17.6 Å². The standard InChI is InChI=1S/C14H21FN2/c1-10-8-17(9-11(10)2)14-4-3-13(15)7-12(14)5-6-16/h3-4,7,10-11H,5-6,8-9,16H2,1-2H3. The van der Waals surface area contributed by atoms with E-state index in [9.17, 15) is 4.39 Å². The first-order valence-electron chi connectivity index (χ1n) is 6.35. The van der Waals surface area contributed by atoms with Crippen LogP contribution in [0.15, 0.2) is 18.2 Å². The smallest absolute Gasteiger partial charge is 0.123 e. The second-order valence-corrected chi connectivity index (χ2v) is 5.17. The first kappa shape index (κ1) is 12.4. The molecular formula is C14H21FN2. The van der Waals surface area contributed by atoms with Gasteiger partial charge in [-0.1, -0.05) is 13.8 Å². The van der Waals surface area contributed by atoms with E-state index in [1.165, 1.54) is 0 Å². The van der Waals surface area contributed by atoms with Crippen LogP contribution in [0.5, 0.6) is 0 Å². The second kappa shape index (κ2) is 5.05. The highest BCUT2D eigenvalue weighted by Gasteiger charge is 2.27. The van der Waals surface area contributed by atoms with Gasteiger partial charge >= 0.3 is 0 Å². The lowest BCUT2D eigenvalue weighted by atomic mass is 10.0. The molecule has 1 heterocycles. The van der Waals surface area contributed by atoms with E-state index < -0.39 is 0 Å². The van der Waals surface area contributed by atoms with Crippen LogP contribution in [-0.4, -0.2) is 19.6 Å². The zero-order valence-electron chi connectivity index (χ0n) is 10.6. The van der Waals surface area contributed by atoms with Crippen molar-refractivity contribution in [2.45, 2.75) is 20.3 Å². The monoisotopic (exact) mass is 236 g/mol. The van der Waals surface area contributed by atoms with Crippen molar-refractivity contribution in [3.63, 3.8) is 0 Å². The topological polar surface area (TPSA) is 29.3 Å².